The van der Waals surface area contributed by atoms with Crippen molar-refractivity contribution in [2.24, 2.45) is 0 Å². The number of ketones is 1. The average molecular weight is 473 g/mol. The molecular weight excluding hydrogens is 452 g/mol. The van der Waals surface area contributed by atoms with E-state index < -0.39 is 17.7 Å². The first kappa shape index (κ1) is 23.1. The van der Waals surface area contributed by atoms with Crippen LogP contribution in [0, 0.1) is 18.3 Å². The molecule has 7 heteroatoms. The highest BCUT2D eigenvalue weighted by Gasteiger charge is 2.47. The van der Waals surface area contributed by atoms with Crippen LogP contribution in [-0.4, -0.2) is 23.4 Å². The number of ether oxygens (including phenoxy) is 1. The molecule has 1 atom stereocenters. The molecule has 1 aliphatic heterocycles. The van der Waals surface area contributed by atoms with Gasteiger partial charge in [-0.1, -0.05) is 35.9 Å². The minimum atomic E-state index is -0.861. The number of aliphatic hydroxyl groups excluding tert-OH is 1. The number of carbonyl (C=O) groups is 2. The number of hydrogen-bond donors (Lipinski definition) is 1. The largest absolute Gasteiger partial charge is 0.507 e. The minimum absolute atomic E-state index is 0.0339. The predicted octanol–water partition coefficient (Wildman–Crippen LogP) is 5.55. The number of Topliss-reactive ketones (excluding diaryl/α,β-unsaturated/α-hetero) is 1. The Morgan fingerprint density at radius 2 is 1.82 bits per heavy atom. The summed E-state index contributed by atoms with van der Waals surface area (Å²) < 4.78 is 5.53. The van der Waals surface area contributed by atoms with Gasteiger partial charge in [-0.2, -0.15) is 5.26 Å². The van der Waals surface area contributed by atoms with Gasteiger partial charge in [-0.3, -0.25) is 14.5 Å². The summed E-state index contributed by atoms with van der Waals surface area (Å²) in [5.41, 5.74) is 2.70. The van der Waals surface area contributed by atoms with Gasteiger partial charge in [0, 0.05) is 11.3 Å². The quantitative estimate of drug-likeness (QED) is 0.299. The molecule has 0 spiro atoms. The SMILES string of the molecule is CCOc1cc(/C(O)=C2\C(=O)C(=O)N(c3ccc(C#N)cc3)C2c2ccccc2C)ccc1Cl. The highest BCUT2D eigenvalue weighted by molar-refractivity contribution is 6.51. The normalized spacial score (nSPS) is 17.0. The third-order valence-corrected chi connectivity index (χ3v) is 6.02. The molecule has 0 bridgehead atoms. The van der Waals surface area contributed by atoms with Gasteiger partial charge >= 0.3 is 0 Å². The number of rotatable bonds is 5. The van der Waals surface area contributed by atoms with Gasteiger partial charge in [-0.15, -0.1) is 0 Å². The Morgan fingerprint density at radius 1 is 1.12 bits per heavy atom. The summed E-state index contributed by atoms with van der Waals surface area (Å²) in [6.07, 6.45) is 0. The van der Waals surface area contributed by atoms with Crippen LogP contribution in [0.5, 0.6) is 5.75 Å². The van der Waals surface area contributed by atoms with Crippen LogP contribution in [0.2, 0.25) is 5.02 Å². The maximum atomic E-state index is 13.3. The molecule has 1 aliphatic rings. The molecule has 6 nitrogen and oxygen atoms in total. The molecular formula is C27H21ClN2O4. The molecule has 1 N–H and O–H groups in total. The molecule has 3 aromatic carbocycles. The summed E-state index contributed by atoms with van der Waals surface area (Å²) in [5.74, 6) is -1.52. The van der Waals surface area contributed by atoms with Crippen molar-refractivity contribution in [3.63, 3.8) is 0 Å². The lowest BCUT2D eigenvalue weighted by Crippen LogP contribution is -2.29. The summed E-state index contributed by atoms with van der Waals surface area (Å²) >= 11 is 6.19. The maximum Gasteiger partial charge on any atom is 0.300 e. The number of halogens is 1. The van der Waals surface area contributed by atoms with E-state index in [9.17, 15) is 14.7 Å². The molecule has 3 aromatic rings. The number of benzene rings is 3. The van der Waals surface area contributed by atoms with Gasteiger partial charge in [0.25, 0.3) is 11.7 Å². The second-order valence-corrected chi connectivity index (χ2v) is 8.17. The van der Waals surface area contributed by atoms with E-state index in [1.807, 2.05) is 44.2 Å². The van der Waals surface area contributed by atoms with Gasteiger partial charge in [0.05, 0.1) is 34.9 Å². The Kier molecular flexibility index (Phi) is 6.40. The van der Waals surface area contributed by atoms with Gasteiger partial charge in [-0.25, -0.2) is 0 Å². The van der Waals surface area contributed by atoms with Crippen molar-refractivity contribution in [1.82, 2.24) is 0 Å². The lowest BCUT2D eigenvalue weighted by Gasteiger charge is -2.26. The Hall–Kier alpha value is -4.08. The molecule has 0 saturated carbocycles. The van der Waals surface area contributed by atoms with Gasteiger partial charge in [0.2, 0.25) is 0 Å². The van der Waals surface area contributed by atoms with Crippen LogP contribution >= 0.6 is 11.6 Å². The Bertz CT molecular complexity index is 1360. The molecule has 1 unspecified atom stereocenters. The molecule has 34 heavy (non-hydrogen) atoms. The van der Waals surface area contributed by atoms with E-state index in [1.54, 1.807) is 42.5 Å². The number of aryl methyl sites for hydroxylation is 1. The molecule has 4 rings (SSSR count). The first-order chi connectivity index (χ1) is 16.4. The number of aliphatic hydroxyl groups is 1. The number of nitriles is 1. The van der Waals surface area contributed by atoms with E-state index in [0.29, 0.717) is 39.8 Å². The Labute approximate surface area is 202 Å². The number of hydrogen-bond acceptors (Lipinski definition) is 5. The zero-order valence-corrected chi connectivity index (χ0v) is 19.3. The lowest BCUT2D eigenvalue weighted by molar-refractivity contribution is -0.132. The van der Waals surface area contributed by atoms with Crippen LogP contribution in [0.4, 0.5) is 5.69 Å². The highest BCUT2D eigenvalue weighted by Crippen LogP contribution is 2.43. The average Bonchev–Trinajstić information content (AvgIpc) is 3.10. The second kappa shape index (κ2) is 9.42. The van der Waals surface area contributed by atoms with E-state index in [1.165, 1.54) is 4.90 Å². The molecule has 1 saturated heterocycles. The molecule has 1 heterocycles. The highest BCUT2D eigenvalue weighted by atomic mass is 35.5. The summed E-state index contributed by atoms with van der Waals surface area (Å²) in [4.78, 5) is 27.9. The third-order valence-electron chi connectivity index (χ3n) is 5.71. The second-order valence-electron chi connectivity index (χ2n) is 7.76. The smallest absolute Gasteiger partial charge is 0.300 e. The fraction of sp³-hybridized carbons (Fsp3) is 0.148. The lowest BCUT2D eigenvalue weighted by atomic mass is 9.92. The number of carbonyl (C=O) groups excluding carboxylic acids is 2. The molecule has 170 valence electrons. The van der Waals surface area contributed by atoms with Crippen LogP contribution in [0.25, 0.3) is 5.76 Å². The molecule has 1 fully saturated rings. The maximum absolute atomic E-state index is 13.3. The molecule has 1 amide bonds. The summed E-state index contributed by atoms with van der Waals surface area (Å²) in [7, 11) is 0. The van der Waals surface area contributed by atoms with Crippen LogP contribution < -0.4 is 9.64 Å². The summed E-state index contributed by atoms with van der Waals surface area (Å²) in [6.45, 7) is 4.06. The summed E-state index contributed by atoms with van der Waals surface area (Å²) in [6, 6.07) is 19.6. The number of nitrogens with zero attached hydrogens (tertiary/aromatic N) is 2. The van der Waals surface area contributed by atoms with Crippen LogP contribution in [-0.2, 0) is 9.59 Å². The van der Waals surface area contributed by atoms with Gasteiger partial charge in [-0.05, 0) is 67.4 Å². The summed E-state index contributed by atoms with van der Waals surface area (Å²) in [5, 5.41) is 20.8. The zero-order chi connectivity index (χ0) is 24.4. The van der Waals surface area contributed by atoms with Crippen LogP contribution in [0.1, 0.15) is 35.2 Å². The van der Waals surface area contributed by atoms with E-state index in [4.69, 9.17) is 21.6 Å². The van der Waals surface area contributed by atoms with E-state index in [2.05, 4.69) is 0 Å². The third kappa shape index (κ3) is 4.02. The van der Waals surface area contributed by atoms with Crippen LogP contribution in [0.3, 0.4) is 0 Å². The molecule has 0 radical (unpaired) electrons. The van der Waals surface area contributed by atoms with Crippen molar-refractivity contribution in [2.75, 3.05) is 11.5 Å². The minimum Gasteiger partial charge on any atom is -0.507 e. The topological polar surface area (TPSA) is 90.6 Å². The fourth-order valence-electron chi connectivity index (χ4n) is 4.06. The van der Waals surface area contributed by atoms with E-state index in [-0.39, 0.29) is 11.3 Å². The van der Waals surface area contributed by atoms with Crippen molar-refractivity contribution < 1.29 is 19.4 Å². The number of amides is 1. The van der Waals surface area contributed by atoms with Crippen molar-refractivity contribution >= 4 is 34.7 Å². The van der Waals surface area contributed by atoms with Crippen LogP contribution in [0.15, 0.2) is 72.3 Å². The standard InChI is InChI=1S/C27H21ClN2O4/c1-3-34-22-14-18(10-13-21(22)28)25(31)23-24(20-7-5-4-6-16(20)2)30(27(33)26(23)32)19-11-8-17(15-29)9-12-19/h4-14,24,31H,3H2,1-2H3/b25-23+. The predicted molar refractivity (Wildman–Crippen MR) is 130 cm³/mol. The Balaban J connectivity index is 1.94. The fourth-order valence-corrected chi connectivity index (χ4v) is 4.23. The Morgan fingerprint density at radius 3 is 2.47 bits per heavy atom. The van der Waals surface area contributed by atoms with Gasteiger partial charge in [0.1, 0.15) is 11.5 Å². The van der Waals surface area contributed by atoms with E-state index in [0.717, 1.165) is 5.56 Å². The molecule has 0 aliphatic carbocycles. The first-order valence-corrected chi connectivity index (χ1v) is 11.0. The van der Waals surface area contributed by atoms with Crippen molar-refractivity contribution in [3.8, 4) is 11.8 Å². The van der Waals surface area contributed by atoms with Crippen molar-refractivity contribution in [2.45, 2.75) is 19.9 Å². The monoisotopic (exact) mass is 472 g/mol. The van der Waals surface area contributed by atoms with Gasteiger partial charge in [0.15, 0.2) is 0 Å². The zero-order valence-electron chi connectivity index (χ0n) is 18.6. The van der Waals surface area contributed by atoms with E-state index >= 15 is 0 Å². The van der Waals surface area contributed by atoms with Gasteiger partial charge < -0.3 is 9.84 Å². The number of anilines is 1. The first-order valence-electron chi connectivity index (χ1n) is 10.7. The molecule has 0 aromatic heterocycles. The van der Waals surface area contributed by atoms with Crippen molar-refractivity contribution in [1.29, 1.82) is 5.26 Å². The van der Waals surface area contributed by atoms with Crippen molar-refractivity contribution in [3.05, 3.63) is 99.6 Å².